The topological polar surface area (TPSA) is 15.3 Å². The Balaban J connectivity index is 1.73. The van der Waals surface area contributed by atoms with Gasteiger partial charge < -0.3 is 10.2 Å². The zero-order chi connectivity index (χ0) is 8.10. The average Bonchev–Trinajstić information content (AvgIpc) is 2.70. The van der Waals surface area contributed by atoms with E-state index in [1.165, 1.54) is 38.9 Å². The predicted octanol–water partition coefficient (Wildman–Crippen LogP) is 0.938. The van der Waals surface area contributed by atoms with Gasteiger partial charge in [0.1, 0.15) is 0 Å². The van der Waals surface area contributed by atoms with E-state index < -0.39 is 0 Å². The first-order valence-corrected chi connectivity index (χ1v) is 4.64. The molecule has 0 heterocycles. The molecule has 0 radical (unpaired) electrons. The Hall–Kier alpha value is -0.0800. The molecule has 0 aromatic heterocycles. The largest absolute Gasteiger partial charge is 0.316 e. The fourth-order valence-corrected chi connectivity index (χ4v) is 1.15. The number of nitrogens with one attached hydrogen (secondary N) is 1. The second-order valence-electron chi connectivity index (χ2n) is 3.80. The van der Waals surface area contributed by atoms with Crippen molar-refractivity contribution in [2.24, 2.45) is 5.92 Å². The highest BCUT2D eigenvalue weighted by Crippen LogP contribution is 2.27. The van der Waals surface area contributed by atoms with Crippen LogP contribution in [0.4, 0.5) is 0 Å². The Kier molecular flexibility index (Phi) is 3.87. The van der Waals surface area contributed by atoms with Crippen LogP contribution in [0.5, 0.6) is 0 Å². The van der Waals surface area contributed by atoms with Crippen LogP contribution in [-0.4, -0.2) is 38.6 Å². The van der Waals surface area contributed by atoms with E-state index in [0.29, 0.717) is 0 Å². The van der Waals surface area contributed by atoms with Gasteiger partial charge >= 0.3 is 0 Å². The van der Waals surface area contributed by atoms with Gasteiger partial charge in [-0.15, -0.1) is 0 Å². The van der Waals surface area contributed by atoms with Crippen LogP contribution in [0.15, 0.2) is 0 Å². The van der Waals surface area contributed by atoms with Gasteiger partial charge in [-0.1, -0.05) is 0 Å². The van der Waals surface area contributed by atoms with E-state index in [1.54, 1.807) is 0 Å². The van der Waals surface area contributed by atoms with E-state index in [-0.39, 0.29) is 0 Å². The van der Waals surface area contributed by atoms with Crippen molar-refractivity contribution in [3.63, 3.8) is 0 Å². The molecule has 0 unspecified atom stereocenters. The van der Waals surface area contributed by atoms with Crippen molar-refractivity contribution in [3.05, 3.63) is 0 Å². The molecule has 1 rings (SSSR count). The van der Waals surface area contributed by atoms with Crippen molar-refractivity contribution in [1.29, 1.82) is 0 Å². The molecule has 0 aliphatic heterocycles. The molecule has 0 saturated heterocycles. The summed E-state index contributed by atoms with van der Waals surface area (Å²) in [7, 11) is 4.25. The molecule has 1 saturated carbocycles. The summed E-state index contributed by atoms with van der Waals surface area (Å²) in [6, 6.07) is 0. The Morgan fingerprint density at radius 2 is 2.09 bits per heavy atom. The highest BCUT2D eigenvalue weighted by Gasteiger charge is 2.19. The highest BCUT2D eigenvalue weighted by atomic mass is 15.1. The van der Waals surface area contributed by atoms with E-state index in [0.717, 1.165) is 5.92 Å². The van der Waals surface area contributed by atoms with Crippen molar-refractivity contribution in [2.45, 2.75) is 19.3 Å². The highest BCUT2D eigenvalue weighted by molar-refractivity contribution is 4.74. The lowest BCUT2D eigenvalue weighted by atomic mass is 10.3. The first-order valence-electron chi connectivity index (χ1n) is 4.64. The maximum absolute atomic E-state index is 3.48. The van der Waals surface area contributed by atoms with Crippen LogP contribution in [0, 0.1) is 5.92 Å². The first kappa shape index (κ1) is 9.01. The second-order valence-corrected chi connectivity index (χ2v) is 3.80. The zero-order valence-corrected chi connectivity index (χ0v) is 7.77. The molecule has 0 atom stereocenters. The van der Waals surface area contributed by atoms with Gasteiger partial charge in [-0.25, -0.2) is 0 Å². The van der Waals surface area contributed by atoms with Gasteiger partial charge in [-0.3, -0.25) is 0 Å². The van der Waals surface area contributed by atoms with Crippen LogP contribution in [0.1, 0.15) is 19.3 Å². The second kappa shape index (κ2) is 4.73. The Labute approximate surface area is 70.0 Å². The fourth-order valence-electron chi connectivity index (χ4n) is 1.15. The fraction of sp³-hybridized carbons (Fsp3) is 1.00. The smallest absolute Gasteiger partial charge is 0.00127 e. The summed E-state index contributed by atoms with van der Waals surface area (Å²) in [5, 5.41) is 3.48. The molecule has 2 heteroatoms. The molecule has 1 fully saturated rings. The number of nitrogens with zero attached hydrogens (tertiary/aromatic N) is 1. The summed E-state index contributed by atoms with van der Waals surface area (Å²) < 4.78 is 0. The lowest BCUT2D eigenvalue weighted by Crippen LogP contribution is -2.22. The summed E-state index contributed by atoms with van der Waals surface area (Å²) >= 11 is 0. The van der Waals surface area contributed by atoms with E-state index in [4.69, 9.17) is 0 Å². The van der Waals surface area contributed by atoms with Crippen molar-refractivity contribution in [2.75, 3.05) is 33.7 Å². The predicted molar refractivity (Wildman–Crippen MR) is 48.8 cm³/mol. The minimum Gasteiger partial charge on any atom is -0.316 e. The van der Waals surface area contributed by atoms with Crippen molar-refractivity contribution >= 4 is 0 Å². The number of hydrogen-bond donors (Lipinski definition) is 1. The first-order chi connectivity index (χ1) is 5.29. The van der Waals surface area contributed by atoms with Crippen molar-refractivity contribution < 1.29 is 0 Å². The number of rotatable bonds is 6. The number of hydrogen-bond acceptors (Lipinski definition) is 2. The summed E-state index contributed by atoms with van der Waals surface area (Å²) in [4.78, 5) is 2.23. The average molecular weight is 156 g/mol. The van der Waals surface area contributed by atoms with E-state index in [2.05, 4.69) is 24.3 Å². The molecule has 0 bridgehead atoms. The minimum absolute atomic E-state index is 1.02. The van der Waals surface area contributed by atoms with Crippen LogP contribution in [0.25, 0.3) is 0 Å². The lowest BCUT2D eigenvalue weighted by molar-refractivity contribution is 0.394. The molecule has 2 nitrogen and oxygen atoms in total. The van der Waals surface area contributed by atoms with Crippen LogP contribution >= 0.6 is 0 Å². The normalized spacial score (nSPS) is 17.7. The lowest BCUT2D eigenvalue weighted by Gasteiger charge is -2.09. The summed E-state index contributed by atoms with van der Waals surface area (Å²) in [6.07, 6.45) is 4.20. The SMILES string of the molecule is CN(C)CCCNCC1CC1. The zero-order valence-electron chi connectivity index (χ0n) is 7.77. The molecule has 1 aliphatic carbocycles. The molecule has 0 spiro atoms. The third-order valence-electron chi connectivity index (χ3n) is 2.09. The molecule has 0 aromatic carbocycles. The third kappa shape index (κ3) is 5.22. The van der Waals surface area contributed by atoms with Gasteiger partial charge in [0.25, 0.3) is 0 Å². The van der Waals surface area contributed by atoms with Crippen molar-refractivity contribution in [3.8, 4) is 0 Å². The van der Waals surface area contributed by atoms with Crippen LogP contribution in [0.2, 0.25) is 0 Å². The van der Waals surface area contributed by atoms with Gasteiger partial charge in [-0.2, -0.15) is 0 Å². The maximum Gasteiger partial charge on any atom is -0.00127 e. The summed E-state index contributed by atoms with van der Waals surface area (Å²) in [5.41, 5.74) is 0. The molecule has 0 amide bonds. The van der Waals surface area contributed by atoms with Gasteiger partial charge in [0.2, 0.25) is 0 Å². The third-order valence-corrected chi connectivity index (χ3v) is 2.09. The Morgan fingerprint density at radius 1 is 1.36 bits per heavy atom. The Morgan fingerprint density at radius 3 is 2.64 bits per heavy atom. The minimum atomic E-state index is 1.02. The van der Waals surface area contributed by atoms with Gasteiger partial charge in [0.15, 0.2) is 0 Å². The van der Waals surface area contributed by atoms with Crippen molar-refractivity contribution in [1.82, 2.24) is 10.2 Å². The molecule has 1 aliphatic rings. The van der Waals surface area contributed by atoms with Crippen LogP contribution in [-0.2, 0) is 0 Å². The van der Waals surface area contributed by atoms with Gasteiger partial charge in [0, 0.05) is 0 Å². The molecule has 66 valence electrons. The quantitative estimate of drug-likeness (QED) is 0.576. The van der Waals surface area contributed by atoms with Crippen LogP contribution in [0.3, 0.4) is 0 Å². The molecule has 1 N–H and O–H groups in total. The van der Waals surface area contributed by atoms with E-state index >= 15 is 0 Å². The molecule has 0 aromatic rings. The molecule has 11 heavy (non-hydrogen) atoms. The summed E-state index contributed by atoms with van der Waals surface area (Å²) in [5.74, 6) is 1.02. The van der Waals surface area contributed by atoms with Gasteiger partial charge in [0.05, 0.1) is 0 Å². The van der Waals surface area contributed by atoms with Gasteiger partial charge in [-0.05, 0) is 58.9 Å². The molecular formula is C9H20N2. The molecular weight excluding hydrogens is 136 g/mol. The maximum atomic E-state index is 3.48. The Bertz CT molecular complexity index is 93.7. The standard InChI is InChI=1S/C9H20N2/c1-11(2)7-3-6-10-8-9-4-5-9/h9-10H,3-8H2,1-2H3. The van der Waals surface area contributed by atoms with Crippen LogP contribution < -0.4 is 5.32 Å². The van der Waals surface area contributed by atoms with E-state index in [1.807, 2.05) is 0 Å². The summed E-state index contributed by atoms with van der Waals surface area (Å²) in [6.45, 7) is 3.65. The monoisotopic (exact) mass is 156 g/mol. The van der Waals surface area contributed by atoms with E-state index in [9.17, 15) is 0 Å².